The summed E-state index contributed by atoms with van der Waals surface area (Å²) in [6.45, 7) is 4.17. The number of aromatic nitrogens is 2. The number of likely N-dealkylation sites (tertiary alicyclic amines) is 1. The van der Waals surface area contributed by atoms with Crippen LogP contribution in [-0.2, 0) is 6.42 Å². The maximum atomic E-state index is 13.1. The van der Waals surface area contributed by atoms with Crippen LogP contribution in [0.4, 0.5) is 4.79 Å². The van der Waals surface area contributed by atoms with Crippen LogP contribution in [0.15, 0.2) is 78.9 Å². The van der Waals surface area contributed by atoms with E-state index in [0.717, 1.165) is 54.1 Å². The van der Waals surface area contributed by atoms with Crippen LogP contribution < -0.4 is 15.4 Å². The summed E-state index contributed by atoms with van der Waals surface area (Å²) in [5, 5.41) is 6.41. The summed E-state index contributed by atoms with van der Waals surface area (Å²) in [4.78, 5) is 23.8. The van der Waals surface area contributed by atoms with Crippen LogP contribution in [-0.4, -0.2) is 47.1 Å². The second-order valence-corrected chi connectivity index (χ2v) is 9.76. The second-order valence-electron chi connectivity index (χ2n) is 9.76. The number of nitrogens with zero attached hydrogens (tertiary/aromatic N) is 2. The van der Waals surface area contributed by atoms with Gasteiger partial charge >= 0.3 is 6.03 Å². The van der Waals surface area contributed by atoms with Crippen LogP contribution in [0, 0.1) is 0 Å². The third-order valence-electron chi connectivity index (χ3n) is 7.34. The molecule has 0 spiro atoms. The predicted molar refractivity (Wildman–Crippen MR) is 147 cm³/mol. The lowest BCUT2D eigenvalue weighted by Gasteiger charge is -2.36. The molecule has 7 nitrogen and oxygen atoms in total. The summed E-state index contributed by atoms with van der Waals surface area (Å²) >= 11 is 0. The number of H-pyrrole nitrogens is 1. The van der Waals surface area contributed by atoms with Crippen LogP contribution in [0.2, 0.25) is 0 Å². The van der Waals surface area contributed by atoms with Crippen LogP contribution in [0.1, 0.15) is 48.8 Å². The van der Waals surface area contributed by atoms with Crippen molar-refractivity contribution in [3.63, 3.8) is 0 Å². The van der Waals surface area contributed by atoms with Gasteiger partial charge in [-0.25, -0.2) is 9.78 Å². The van der Waals surface area contributed by atoms with Crippen molar-refractivity contribution in [1.29, 1.82) is 0 Å². The molecule has 0 bridgehead atoms. The van der Waals surface area contributed by atoms with Crippen molar-refractivity contribution in [2.75, 3.05) is 20.2 Å². The number of urea groups is 1. The number of imidazole rings is 1. The monoisotopic (exact) mass is 497 g/mol. The molecule has 7 heteroatoms. The number of ether oxygens (including phenoxy) is 1. The van der Waals surface area contributed by atoms with Crippen molar-refractivity contribution in [1.82, 2.24) is 25.5 Å². The zero-order valence-electron chi connectivity index (χ0n) is 21.5. The topological polar surface area (TPSA) is 82.3 Å². The fourth-order valence-electron chi connectivity index (χ4n) is 5.11. The smallest absolute Gasteiger partial charge is 0.315 e. The number of carbonyl (C=O) groups excluding carboxylic acids is 1. The van der Waals surface area contributed by atoms with Gasteiger partial charge in [0.2, 0.25) is 0 Å². The predicted octanol–water partition coefficient (Wildman–Crippen LogP) is 5.38. The van der Waals surface area contributed by atoms with Crippen LogP contribution in [0.25, 0.3) is 11.0 Å². The van der Waals surface area contributed by atoms with E-state index < -0.39 is 0 Å². The quantitative estimate of drug-likeness (QED) is 0.305. The molecule has 192 valence electrons. The average molecular weight is 498 g/mol. The first-order valence-corrected chi connectivity index (χ1v) is 13.0. The minimum Gasteiger partial charge on any atom is -0.497 e. The standard InChI is InChI=1S/C30H35N5O2/c1-21(23-8-4-3-5-9-23)35-18-16-24(17-19-35)31-30(36)34-28(20-22-12-14-25(37-2)15-13-22)29-32-26-10-6-7-11-27(26)33-29/h3-15,21,24,28H,16-20H2,1-2H3,(H,32,33)(H2,31,34,36)/t21-,28?/m1/s1. The van der Waals surface area contributed by atoms with E-state index >= 15 is 0 Å². The Bertz CT molecular complexity index is 1260. The van der Waals surface area contributed by atoms with Gasteiger partial charge in [-0.05, 0) is 61.6 Å². The molecule has 3 N–H and O–H groups in total. The Morgan fingerprint density at radius 2 is 1.73 bits per heavy atom. The number of aromatic amines is 1. The van der Waals surface area contributed by atoms with Crippen molar-refractivity contribution >= 4 is 17.1 Å². The molecule has 2 heterocycles. The van der Waals surface area contributed by atoms with E-state index in [1.165, 1.54) is 5.56 Å². The molecule has 1 aliphatic rings. The highest BCUT2D eigenvalue weighted by Crippen LogP contribution is 2.25. The van der Waals surface area contributed by atoms with Gasteiger partial charge in [0, 0.05) is 25.2 Å². The van der Waals surface area contributed by atoms with Gasteiger partial charge in [0.1, 0.15) is 11.6 Å². The highest BCUT2D eigenvalue weighted by Gasteiger charge is 2.26. The van der Waals surface area contributed by atoms with Crippen LogP contribution >= 0.6 is 0 Å². The number of carbonyl (C=O) groups is 1. The molecule has 4 aromatic rings. The van der Waals surface area contributed by atoms with Crippen molar-refractivity contribution in [3.05, 3.63) is 95.8 Å². The van der Waals surface area contributed by atoms with Gasteiger partial charge in [-0.1, -0.05) is 54.6 Å². The number of benzene rings is 3. The normalized spacial score (nSPS) is 16.3. The van der Waals surface area contributed by atoms with E-state index in [0.29, 0.717) is 12.5 Å². The zero-order valence-corrected chi connectivity index (χ0v) is 21.5. The van der Waals surface area contributed by atoms with Crippen LogP contribution in [0.3, 0.4) is 0 Å². The Morgan fingerprint density at radius 3 is 2.43 bits per heavy atom. The Balaban J connectivity index is 1.22. The molecule has 37 heavy (non-hydrogen) atoms. The Labute approximate surface area is 218 Å². The number of fused-ring (bicyclic) bond motifs is 1. The van der Waals surface area contributed by atoms with E-state index in [9.17, 15) is 4.79 Å². The maximum absolute atomic E-state index is 13.1. The molecule has 1 fully saturated rings. The van der Waals surface area contributed by atoms with Gasteiger partial charge in [-0.2, -0.15) is 0 Å². The Kier molecular flexibility index (Phi) is 7.70. The highest BCUT2D eigenvalue weighted by atomic mass is 16.5. The number of amides is 2. The second kappa shape index (κ2) is 11.5. The highest BCUT2D eigenvalue weighted by molar-refractivity contribution is 5.76. The SMILES string of the molecule is COc1ccc(CC(NC(=O)NC2CCN([C@H](C)c3ccccc3)CC2)c2nc3ccccc3[nH]2)cc1. The first-order chi connectivity index (χ1) is 18.1. The first kappa shape index (κ1) is 24.8. The van der Waals surface area contributed by atoms with E-state index in [-0.39, 0.29) is 18.1 Å². The lowest BCUT2D eigenvalue weighted by atomic mass is 10.0. The van der Waals surface area contributed by atoms with Crippen molar-refractivity contribution in [3.8, 4) is 5.75 Å². The molecule has 1 unspecified atom stereocenters. The number of hydrogen-bond acceptors (Lipinski definition) is 4. The van der Waals surface area contributed by atoms with Crippen molar-refractivity contribution in [2.24, 2.45) is 0 Å². The number of hydrogen-bond donors (Lipinski definition) is 3. The molecule has 1 saturated heterocycles. The molecular formula is C30H35N5O2. The van der Waals surface area contributed by atoms with Gasteiger partial charge in [-0.3, -0.25) is 4.90 Å². The minimum absolute atomic E-state index is 0.150. The number of rotatable bonds is 8. The Hall–Kier alpha value is -3.84. The van der Waals surface area contributed by atoms with Gasteiger partial charge in [0.25, 0.3) is 0 Å². The zero-order chi connectivity index (χ0) is 25.6. The van der Waals surface area contributed by atoms with Crippen LogP contribution in [0.5, 0.6) is 5.75 Å². The molecule has 0 aliphatic carbocycles. The van der Waals surface area contributed by atoms with Crippen molar-refractivity contribution < 1.29 is 9.53 Å². The molecule has 3 aromatic carbocycles. The lowest BCUT2D eigenvalue weighted by molar-refractivity contribution is 0.152. The average Bonchev–Trinajstić information content (AvgIpc) is 3.38. The summed E-state index contributed by atoms with van der Waals surface area (Å²) in [6.07, 6.45) is 2.47. The van der Waals surface area contributed by atoms with Crippen molar-refractivity contribution in [2.45, 2.75) is 44.3 Å². The van der Waals surface area contributed by atoms with E-state index in [2.05, 4.69) is 57.8 Å². The number of nitrogens with one attached hydrogen (secondary N) is 3. The minimum atomic E-state index is -0.293. The van der Waals surface area contributed by atoms with Gasteiger partial charge in [0.15, 0.2) is 0 Å². The molecule has 0 saturated carbocycles. The Morgan fingerprint density at radius 1 is 1.03 bits per heavy atom. The largest absolute Gasteiger partial charge is 0.497 e. The third kappa shape index (κ3) is 6.12. The third-order valence-corrected chi connectivity index (χ3v) is 7.34. The fraction of sp³-hybridized carbons (Fsp3) is 0.333. The maximum Gasteiger partial charge on any atom is 0.315 e. The molecule has 1 aromatic heterocycles. The summed E-state index contributed by atoms with van der Waals surface area (Å²) in [6, 6.07) is 26.5. The van der Waals surface area contributed by atoms with E-state index in [1.54, 1.807) is 7.11 Å². The molecule has 5 rings (SSSR count). The summed E-state index contributed by atoms with van der Waals surface area (Å²) in [5.74, 6) is 1.56. The summed E-state index contributed by atoms with van der Waals surface area (Å²) in [7, 11) is 1.66. The molecule has 1 aliphatic heterocycles. The number of piperidine rings is 1. The molecule has 2 amide bonds. The van der Waals surface area contributed by atoms with Gasteiger partial charge in [-0.15, -0.1) is 0 Å². The summed E-state index contributed by atoms with van der Waals surface area (Å²) < 4.78 is 5.29. The van der Waals surface area contributed by atoms with Gasteiger partial charge in [0.05, 0.1) is 24.2 Å². The molecule has 0 radical (unpaired) electrons. The molecular weight excluding hydrogens is 462 g/mol. The van der Waals surface area contributed by atoms with E-state index in [1.807, 2.05) is 48.5 Å². The summed E-state index contributed by atoms with van der Waals surface area (Å²) in [5.41, 5.74) is 4.27. The van der Waals surface area contributed by atoms with Gasteiger partial charge < -0.3 is 20.4 Å². The number of methoxy groups -OCH3 is 1. The first-order valence-electron chi connectivity index (χ1n) is 13.0. The lowest BCUT2D eigenvalue weighted by Crippen LogP contribution is -2.49. The fourth-order valence-corrected chi connectivity index (χ4v) is 5.11. The van der Waals surface area contributed by atoms with E-state index in [4.69, 9.17) is 9.72 Å². The number of para-hydroxylation sites is 2. The molecule has 2 atom stereocenters.